The number of carbonyl (C=O) groups is 1. The van der Waals surface area contributed by atoms with Gasteiger partial charge in [-0.3, -0.25) is 14.0 Å². The van der Waals surface area contributed by atoms with Crippen LogP contribution in [0.25, 0.3) is 5.65 Å². The maximum absolute atomic E-state index is 13.1. The first-order valence-electron chi connectivity index (χ1n) is 8.97. The number of methoxy groups -OCH3 is 1. The van der Waals surface area contributed by atoms with Gasteiger partial charge in [0, 0.05) is 37.4 Å². The summed E-state index contributed by atoms with van der Waals surface area (Å²) in [6.45, 7) is 0. The lowest BCUT2D eigenvalue weighted by molar-refractivity contribution is 0.0938. The van der Waals surface area contributed by atoms with Crippen molar-refractivity contribution in [1.29, 1.82) is 0 Å². The second-order valence-electron chi connectivity index (χ2n) is 6.45. The number of amides is 1. The Labute approximate surface area is 166 Å². The predicted molar refractivity (Wildman–Crippen MR) is 107 cm³/mol. The van der Waals surface area contributed by atoms with Gasteiger partial charge in [-0.2, -0.15) is 0 Å². The molecule has 0 aliphatic carbocycles. The lowest BCUT2D eigenvalue weighted by Crippen LogP contribution is -2.35. The van der Waals surface area contributed by atoms with Crippen molar-refractivity contribution >= 4 is 11.6 Å². The van der Waals surface area contributed by atoms with E-state index in [1.165, 1.54) is 10.6 Å². The van der Waals surface area contributed by atoms with Crippen molar-refractivity contribution in [2.75, 3.05) is 7.11 Å². The number of carbonyl (C=O) groups excluding carboxylic acids is 1. The number of para-hydroxylation sites is 1. The number of benzene rings is 1. The van der Waals surface area contributed by atoms with Gasteiger partial charge in [0.2, 0.25) is 0 Å². The molecule has 1 N–H and O–H groups in total. The van der Waals surface area contributed by atoms with Crippen molar-refractivity contribution in [2.24, 2.45) is 7.05 Å². The first-order chi connectivity index (χ1) is 14.1. The second kappa shape index (κ2) is 7.59. The monoisotopic (exact) mass is 389 g/mol. The van der Waals surface area contributed by atoms with E-state index in [0.717, 1.165) is 5.56 Å². The van der Waals surface area contributed by atoms with Crippen molar-refractivity contribution in [3.63, 3.8) is 0 Å². The van der Waals surface area contributed by atoms with Crippen LogP contribution in [-0.4, -0.2) is 32.0 Å². The smallest absolute Gasteiger partial charge is 0.270 e. The Morgan fingerprint density at radius 3 is 2.66 bits per heavy atom. The van der Waals surface area contributed by atoms with Gasteiger partial charge >= 0.3 is 0 Å². The van der Waals surface area contributed by atoms with Crippen molar-refractivity contribution in [3.8, 4) is 5.75 Å². The highest BCUT2D eigenvalue weighted by Crippen LogP contribution is 2.29. The molecule has 0 radical (unpaired) electrons. The highest BCUT2D eigenvalue weighted by atomic mass is 16.5. The molecule has 0 spiro atoms. The molecule has 0 aliphatic rings. The number of nitrogens with zero attached hydrogens (tertiary/aromatic N) is 4. The average Bonchev–Trinajstić information content (AvgIpc) is 3.18. The Bertz CT molecular complexity index is 1240. The van der Waals surface area contributed by atoms with Gasteiger partial charge in [0.15, 0.2) is 0 Å². The van der Waals surface area contributed by atoms with Crippen LogP contribution in [0.1, 0.15) is 27.8 Å². The fraction of sp³-hybridized carbons (Fsp3) is 0.143. The molecule has 0 fully saturated rings. The zero-order valence-corrected chi connectivity index (χ0v) is 15.9. The van der Waals surface area contributed by atoms with Crippen LogP contribution in [-0.2, 0) is 7.05 Å². The van der Waals surface area contributed by atoms with Crippen LogP contribution in [0.3, 0.4) is 0 Å². The van der Waals surface area contributed by atoms with Crippen molar-refractivity contribution in [2.45, 2.75) is 6.04 Å². The minimum Gasteiger partial charge on any atom is -0.496 e. The van der Waals surface area contributed by atoms with Gasteiger partial charge in [-0.25, -0.2) is 9.97 Å². The Kier molecular flexibility index (Phi) is 4.82. The Morgan fingerprint density at radius 2 is 1.90 bits per heavy atom. The minimum atomic E-state index is -0.616. The third kappa shape index (κ3) is 3.36. The average molecular weight is 389 g/mol. The number of imidazole rings is 1. The molecule has 0 saturated heterocycles. The lowest BCUT2D eigenvalue weighted by atomic mass is 10.0. The van der Waals surface area contributed by atoms with Crippen molar-refractivity contribution in [1.82, 2.24) is 24.3 Å². The highest BCUT2D eigenvalue weighted by Gasteiger charge is 2.25. The molecule has 8 nitrogen and oxygen atoms in total. The number of pyridine rings is 1. The number of hydrogen-bond acceptors (Lipinski definition) is 5. The van der Waals surface area contributed by atoms with E-state index in [9.17, 15) is 9.59 Å². The van der Waals surface area contributed by atoms with Crippen LogP contribution < -0.4 is 15.6 Å². The first kappa shape index (κ1) is 18.4. The largest absolute Gasteiger partial charge is 0.496 e. The van der Waals surface area contributed by atoms with Gasteiger partial charge < -0.3 is 14.6 Å². The summed E-state index contributed by atoms with van der Waals surface area (Å²) in [5, 5.41) is 2.92. The molecule has 0 unspecified atom stereocenters. The molecule has 146 valence electrons. The molecule has 4 rings (SSSR count). The fourth-order valence-corrected chi connectivity index (χ4v) is 3.23. The zero-order valence-electron chi connectivity index (χ0n) is 15.9. The van der Waals surface area contributed by atoms with E-state index in [-0.39, 0.29) is 5.56 Å². The number of fused-ring (bicyclic) bond motifs is 1. The zero-order chi connectivity index (χ0) is 20.4. The van der Waals surface area contributed by atoms with Gasteiger partial charge in [-0.05, 0) is 18.2 Å². The molecule has 1 atom stereocenters. The summed E-state index contributed by atoms with van der Waals surface area (Å²) >= 11 is 0. The Morgan fingerprint density at radius 1 is 1.10 bits per heavy atom. The predicted octanol–water partition coefficient (Wildman–Crippen LogP) is 1.96. The summed E-state index contributed by atoms with van der Waals surface area (Å²) in [6, 6.07) is 11.9. The summed E-state index contributed by atoms with van der Waals surface area (Å²) in [5.41, 5.74) is 0.709. The molecule has 1 amide bonds. The van der Waals surface area contributed by atoms with Crippen molar-refractivity contribution in [3.05, 3.63) is 94.6 Å². The summed E-state index contributed by atoms with van der Waals surface area (Å²) < 4.78 is 8.62. The van der Waals surface area contributed by atoms with Crippen LogP contribution in [0.15, 0.2) is 72.0 Å². The molecule has 1 aromatic carbocycles. The molecular formula is C21H19N5O3. The maximum atomic E-state index is 13.1. The third-order valence-corrected chi connectivity index (χ3v) is 4.70. The summed E-state index contributed by atoms with van der Waals surface area (Å²) in [7, 11) is 3.40. The summed E-state index contributed by atoms with van der Waals surface area (Å²) in [6.07, 6.45) is 6.31. The molecule has 4 aromatic rings. The van der Waals surface area contributed by atoms with Gasteiger partial charge in [0.1, 0.15) is 28.8 Å². The SMILES string of the molecule is COc1ccccc1[C@H](NC(=O)c1cnc2ccccn2c1=O)c1nccn1C. The third-order valence-electron chi connectivity index (χ3n) is 4.70. The number of ether oxygens (including phenoxy) is 1. The number of hydrogen-bond donors (Lipinski definition) is 1. The Balaban J connectivity index is 1.77. The van der Waals surface area contributed by atoms with E-state index in [2.05, 4.69) is 15.3 Å². The number of aryl methyl sites for hydroxylation is 1. The van der Waals surface area contributed by atoms with Gasteiger partial charge in [-0.15, -0.1) is 0 Å². The summed E-state index contributed by atoms with van der Waals surface area (Å²) in [5.74, 6) is 0.672. The molecule has 0 saturated carbocycles. The standard InChI is InChI=1S/C21H19N5O3/c1-25-12-10-22-19(25)18(14-7-3-4-8-16(14)29-2)24-20(27)15-13-23-17-9-5-6-11-26(17)21(15)28/h3-13,18H,1-2H3,(H,24,27)/t18-/m0/s1. The van der Waals surface area contributed by atoms with Crippen molar-refractivity contribution < 1.29 is 9.53 Å². The van der Waals surface area contributed by atoms with Crippen LogP contribution in [0, 0.1) is 0 Å². The van der Waals surface area contributed by atoms with Gasteiger partial charge in [0.05, 0.1) is 7.11 Å². The van der Waals surface area contributed by atoms with E-state index in [0.29, 0.717) is 17.2 Å². The van der Waals surface area contributed by atoms with E-state index in [4.69, 9.17) is 4.74 Å². The molecule has 3 heterocycles. The van der Waals surface area contributed by atoms with E-state index in [1.807, 2.05) is 35.9 Å². The lowest BCUT2D eigenvalue weighted by Gasteiger charge is -2.21. The number of aromatic nitrogens is 4. The minimum absolute atomic E-state index is 0.0530. The quantitative estimate of drug-likeness (QED) is 0.563. The first-order valence-corrected chi connectivity index (χ1v) is 8.97. The van der Waals surface area contributed by atoms with Crippen LogP contribution in [0.4, 0.5) is 0 Å². The second-order valence-corrected chi connectivity index (χ2v) is 6.45. The van der Waals surface area contributed by atoms with Crippen LogP contribution in [0.5, 0.6) is 5.75 Å². The Hall–Kier alpha value is -3.94. The van der Waals surface area contributed by atoms with E-state index < -0.39 is 17.5 Å². The topological polar surface area (TPSA) is 90.5 Å². The van der Waals surface area contributed by atoms with Crippen LogP contribution >= 0.6 is 0 Å². The molecular weight excluding hydrogens is 370 g/mol. The van der Waals surface area contributed by atoms with E-state index in [1.54, 1.807) is 43.9 Å². The number of rotatable bonds is 5. The maximum Gasteiger partial charge on any atom is 0.270 e. The molecule has 3 aromatic heterocycles. The van der Waals surface area contributed by atoms with Crippen LogP contribution in [0.2, 0.25) is 0 Å². The van der Waals surface area contributed by atoms with E-state index >= 15 is 0 Å². The number of nitrogens with one attached hydrogen (secondary N) is 1. The van der Waals surface area contributed by atoms with Gasteiger partial charge in [0.25, 0.3) is 11.5 Å². The fourth-order valence-electron chi connectivity index (χ4n) is 3.23. The molecule has 8 heteroatoms. The molecule has 0 bridgehead atoms. The molecule has 29 heavy (non-hydrogen) atoms. The normalized spacial score (nSPS) is 11.9. The van der Waals surface area contributed by atoms with Gasteiger partial charge in [-0.1, -0.05) is 24.3 Å². The molecule has 0 aliphatic heterocycles. The summed E-state index contributed by atoms with van der Waals surface area (Å²) in [4.78, 5) is 34.4. The highest BCUT2D eigenvalue weighted by molar-refractivity contribution is 5.94.